The van der Waals surface area contributed by atoms with E-state index in [9.17, 15) is 28.1 Å². The van der Waals surface area contributed by atoms with Gasteiger partial charge in [-0.1, -0.05) is 0 Å². The second-order valence-corrected chi connectivity index (χ2v) is 6.48. The molecule has 2 heterocycles. The normalized spacial score (nSPS) is 15.5. The Morgan fingerprint density at radius 2 is 2.07 bits per heavy atom. The number of hydrogen-bond donors (Lipinski definition) is 1. The molecule has 11 heteroatoms. The molecule has 1 amide bonds. The van der Waals surface area contributed by atoms with Gasteiger partial charge in [0.2, 0.25) is 6.41 Å². The molecule has 28 heavy (non-hydrogen) atoms. The van der Waals surface area contributed by atoms with Gasteiger partial charge in [0.25, 0.3) is 0 Å². The van der Waals surface area contributed by atoms with Gasteiger partial charge in [0.05, 0.1) is 17.7 Å². The topological polar surface area (TPSA) is 101 Å². The molecular weight excluding hydrogens is 381 g/mol. The van der Waals surface area contributed by atoms with Crippen molar-refractivity contribution in [1.29, 1.82) is 0 Å². The highest BCUT2D eigenvalue weighted by atomic mass is 19.4. The van der Waals surface area contributed by atoms with Gasteiger partial charge < -0.3 is 14.6 Å². The van der Waals surface area contributed by atoms with Crippen LogP contribution < -0.4 is 4.74 Å². The fourth-order valence-electron chi connectivity index (χ4n) is 2.97. The number of ether oxygens (including phenoxy) is 1. The van der Waals surface area contributed by atoms with Crippen LogP contribution in [0.3, 0.4) is 0 Å². The highest BCUT2D eigenvalue weighted by Gasteiger charge is 2.33. The first-order valence-electron chi connectivity index (χ1n) is 8.51. The predicted molar refractivity (Wildman–Crippen MR) is 91.5 cm³/mol. The summed E-state index contributed by atoms with van der Waals surface area (Å²) in [5, 5.41) is 11.4. The zero-order valence-electron chi connectivity index (χ0n) is 14.6. The zero-order valence-corrected chi connectivity index (χ0v) is 14.6. The molecule has 0 atom stereocenters. The van der Waals surface area contributed by atoms with Crippen LogP contribution >= 0.6 is 0 Å². The van der Waals surface area contributed by atoms with E-state index in [2.05, 4.69) is 9.97 Å². The summed E-state index contributed by atoms with van der Waals surface area (Å²) in [5.74, 6) is 0.0762. The number of nitrogens with one attached hydrogen (secondary N) is 1. The minimum Gasteiger partial charge on any atom is -0.487 e. The SMILES string of the molecule is O=CN1CCC(COc2ccc(-c3ncc(C(F)(F)F)[nH]3)cc2[N+](=O)[O-])CC1. The van der Waals surface area contributed by atoms with Crippen LogP contribution in [0.4, 0.5) is 18.9 Å². The number of aromatic nitrogens is 2. The molecule has 0 aliphatic carbocycles. The maximum atomic E-state index is 12.7. The number of halogens is 3. The molecule has 1 fully saturated rings. The highest BCUT2D eigenvalue weighted by molar-refractivity contribution is 5.63. The highest BCUT2D eigenvalue weighted by Crippen LogP contribution is 2.34. The van der Waals surface area contributed by atoms with Crippen molar-refractivity contribution in [3.8, 4) is 17.1 Å². The van der Waals surface area contributed by atoms with E-state index in [1.807, 2.05) is 0 Å². The predicted octanol–water partition coefficient (Wildman–Crippen LogP) is 3.25. The first-order valence-corrected chi connectivity index (χ1v) is 8.51. The Kier molecular flexibility index (Phi) is 5.52. The largest absolute Gasteiger partial charge is 0.487 e. The smallest absolute Gasteiger partial charge is 0.432 e. The Morgan fingerprint density at radius 1 is 1.36 bits per heavy atom. The van der Waals surface area contributed by atoms with Crippen LogP contribution in [0.1, 0.15) is 18.5 Å². The number of imidazole rings is 1. The average Bonchev–Trinajstić information content (AvgIpc) is 3.17. The molecule has 1 aromatic carbocycles. The summed E-state index contributed by atoms with van der Waals surface area (Å²) < 4.78 is 43.7. The van der Waals surface area contributed by atoms with Gasteiger partial charge in [-0.05, 0) is 30.9 Å². The molecule has 0 saturated carbocycles. The third kappa shape index (κ3) is 4.41. The third-order valence-electron chi connectivity index (χ3n) is 4.58. The van der Waals surface area contributed by atoms with Crippen LogP contribution in [0.15, 0.2) is 24.4 Å². The first kappa shape index (κ1) is 19.6. The van der Waals surface area contributed by atoms with Crippen molar-refractivity contribution < 1.29 is 27.6 Å². The number of carbonyl (C=O) groups excluding carboxylic acids is 1. The van der Waals surface area contributed by atoms with E-state index < -0.39 is 16.8 Å². The fraction of sp³-hybridized carbons (Fsp3) is 0.412. The number of carbonyl (C=O) groups is 1. The van der Waals surface area contributed by atoms with E-state index in [0.29, 0.717) is 19.3 Å². The summed E-state index contributed by atoms with van der Waals surface area (Å²) in [6.45, 7) is 1.48. The quantitative estimate of drug-likeness (QED) is 0.457. The van der Waals surface area contributed by atoms with Gasteiger partial charge in [-0.15, -0.1) is 0 Å². The van der Waals surface area contributed by atoms with Crippen LogP contribution in [0.25, 0.3) is 11.4 Å². The van der Waals surface area contributed by atoms with Crippen molar-refractivity contribution >= 4 is 12.1 Å². The van der Waals surface area contributed by atoms with Crippen molar-refractivity contribution in [2.24, 2.45) is 5.92 Å². The molecule has 1 aliphatic rings. The number of likely N-dealkylation sites (tertiary alicyclic amines) is 1. The number of H-pyrrole nitrogens is 1. The number of alkyl halides is 3. The van der Waals surface area contributed by atoms with Crippen molar-refractivity contribution in [1.82, 2.24) is 14.9 Å². The second kappa shape index (κ2) is 7.87. The number of rotatable bonds is 6. The monoisotopic (exact) mass is 398 g/mol. The van der Waals surface area contributed by atoms with Crippen molar-refractivity contribution in [3.05, 3.63) is 40.2 Å². The van der Waals surface area contributed by atoms with Crippen LogP contribution in [-0.4, -0.2) is 45.9 Å². The van der Waals surface area contributed by atoms with Gasteiger partial charge in [-0.25, -0.2) is 4.98 Å². The molecule has 1 aromatic heterocycles. The molecule has 1 aliphatic heterocycles. The van der Waals surface area contributed by atoms with E-state index in [4.69, 9.17) is 4.74 Å². The van der Waals surface area contributed by atoms with Crippen molar-refractivity contribution in [2.75, 3.05) is 19.7 Å². The number of nitro benzene ring substituents is 1. The first-order chi connectivity index (χ1) is 13.3. The van der Waals surface area contributed by atoms with E-state index in [-0.39, 0.29) is 35.3 Å². The van der Waals surface area contributed by atoms with Gasteiger partial charge in [0, 0.05) is 24.7 Å². The second-order valence-electron chi connectivity index (χ2n) is 6.48. The third-order valence-corrected chi connectivity index (χ3v) is 4.58. The number of piperidine rings is 1. The number of hydrogen-bond acceptors (Lipinski definition) is 5. The van der Waals surface area contributed by atoms with Gasteiger partial charge in [-0.2, -0.15) is 13.2 Å². The Bertz CT molecular complexity index is 860. The number of nitrogens with zero attached hydrogens (tertiary/aromatic N) is 3. The molecular formula is C17H17F3N4O4. The number of amides is 1. The summed E-state index contributed by atoms with van der Waals surface area (Å²) in [6.07, 6.45) is -1.69. The van der Waals surface area contributed by atoms with Crippen molar-refractivity contribution in [3.63, 3.8) is 0 Å². The minimum absolute atomic E-state index is 0.0363. The zero-order chi connectivity index (χ0) is 20.3. The number of benzene rings is 1. The van der Waals surface area contributed by atoms with E-state index in [0.717, 1.165) is 25.3 Å². The lowest BCUT2D eigenvalue weighted by atomic mass is 9.98. The Morgan fingerprint density at radius 3 is 2.64 bits per heavy atom. The molecule has 3 rings (SSSR count). The lowest BCUT2D eigenvalue weighted by molar-refractivity contribution is -0.385. The molecule has 1 saturated heterocycles. The summed E-state index contributed by atoms with van der Waals surface area (Å²) >= 11 is 0. The Labute approximate surface area is 157 Å². The average molecular weight is 398 g/mol. The summed E-state index contributed by atoms with van der Waals surface area (Å²) in [6, 6.07) is 3.89. The van der Waals surface area contributed by atoms with Crippen LogP contribution in [0, 0.1) is 16.0 Å². The molecule has 1 N–H and O–H groups in total. The van der Waals surface area contributed by atoms with Gasteiger partial charge in [0.15, 0.2) is 5.75 Å². The molecule has 150 valence electrons. The minimum atomic E-state index is -4.58. The lowest BCUT2D eigenvalue weighted by Gasteiger charge is -2.28. The van der Waals surface area contributed by atoms with Gasteiger partial charge in [0.1, 0.15) is 11.5 Å². The maximum absolute atomic E-state index is 12.7. The standard InChI is InChI=1S/C17H17F3N4O4/c18-17(19,20)15-8-21-16(22-15)12-1-2-14(13(7-12)24(26)27)28-9-11-3-5-23(10-25)6-4-11/h1-2,7-8,10-11H,3-6,9H2,(H,21,22). The number of nitro groups is 1. The van der Waals surface area contributed by atoms with Crippen LogP contribution in [0.5, 0.6) is 5.75 Å². The molecule has 0 bridgehead atoms. The fourth-order valence-corrected chi connectivity index (χ4v) is 2.97. The van der Waals surface area contributed by atoms with E-state index in [1.165, 1.54) is 12.1 Å². The van der Waals surface area contributed by atoms with Gasteiger partial charge >= 0.3 is 11.9 Å². The lowest BCUT2D eigenvalue weighted by Crippen LogP contribution is -2.34. The summed E-state index contributed by atoms with van der Waals surface area (Å²) in [7, 11) is 0. The Hall–Kier alpha value is -3.11. The summed E-state index contributed by atoms with van der Waals surface area (Å²) in [5.41, 5.74) is -1.24. The molecule has 0 radical (unpaired) electrons. The number of aromatic amines is 1. The maximum Gasteiger partial charge on any atom is 0.432 e. The van der Waals surface area contributed by atoms with Crippen molar-refractivity contribution in [2.45, 2.75) is 19.0 Å². The van der Waals surface area contributed by atoms with Gasteiger partial charge in [-0.3, -0.25) is 14.9 Å². The van der Waals surface area contributed by atoms with E-state index in [1.54, 1.807) is 4.90 Å². The molecule has 0 spiro atoms. The summed E-state index contributed by atoms with van der Waals surface area (Å²) in [4.78, 5) is 28.9. The van der Waals surface area contributed by atoms with Crippen LogP contribution in [0.2, 0.25) is 0 Å². The van der Waals surface area contributed by atoms with E-state index >= 15 is 0 Å². The Balaban J connectivity index is 1.74. The molecule has 0 unspecified atom stereocenters. The van der Waals surface area contributed by atoms with Crippen LogP contribution in [-0.2, 0) is 11.0 Å². The molecule has 2 aromatic rings. The molecule has 8 nitrogen and oxygen atoms in total.